The number of carbonyl (C=O) groups is 1. The summed E-state index contributed by atoms with van der Waals surface area (Å²) in [5, 5.41) is 6.35. The second-order valence-electron chi connectivity index (χ2n) is 6.47. The van der Waals surface area contributed by atoms with Crippen LogP contribution in [-0.2, 0) is 4.79 Å². The summed E-state index contributed by atoms with van der Waals surface area (Å²) in [4.78, 5) is 12.2. The maximum atomic E-state index is 13.8. The number of carbonyl (C=O) groups excluding carboxylic acids is 1. The van der Waals surface area contributed by atoms with Crippen molar-refractivity contribution in [2.75, 3.05) is 20.2 Å². The maximum Gasteiger partial charge on any atom is 0.220 e. The molecule has 1 saturated heterocycles. The van der Waals surface area contributed by atoms with E-state index in [9.17, 15) is 9.18 Å². The number of piperidine rings is 1. The van der Waals surface area contributed by atoms with Crippen molar-refractivity contribution >= 4 is 5.91 Å². The molecule has 1 aromatic rings. The number of rotatable bonds is 6. The Morgan fingerprint density at radius 2 is 2.26 bits per heavy atom. The van der Waals surface area contributed by atoms with Crippen LogP contribution in [0.5, 0.6) is 5.75 Å². The third-order valence-corrected chi connectivity index (χ3v) is 4.70. The van der Waals surface area contributed by atoms with E-state index in [1.54, 1.807) is 12.1 Å². The molecule has 3 atom stereocenters. The van der Waals surface area contributed by atoms with Crippen LogP contribution in [0.2, 0.25) is 0 Å². The Hall–Kier alpha value is -1.62. The van der Waals surface area contributed by atoms with Crippen molar-refractivity contribution in [1.82, 2.24) is 10.6 Å². The lowest BCUT2D eigenvalue weighted by Gasteiger charge is -2.28. The van der Waals surface area contributed by atoms with Crippen molar-refractivity contribution in [1.29, 1.82) is 0 Å². The molecule has 0 aliphatic carbocycles. The lowest BCUT2D eigenvalue weighted by atomic mass is 9.85. The molecule has 3 unspecified atom stereocenters. The van der Waals surface area contributed by atoms with Gasteiger partial charge in [0.2, 0.25) is 5.91 Å². The zero-order chi connectivity index (χ0) is 16.8. The van der Waals surface area contributed by atoms with Crippen LogP contribution in [0.1, 0.15) is 44.7 Å². The molecule has 0 saturated carbocycles. The molecule has 1 aliphatic heterocycles. The third kappa shape index (κ3) is 4.93. The monoisotopic (exact) mass is 322 g/mol. The van der Waals surface area contributed by atoms with Gasteiger partial charge in [0.25, 0.3) is 0 Å². The molecule has 2 N–H and O–H groups in total. The number of amides is 1. The minimum absolute atomic E-state index is 0.0202. The lowest BCUT2D eigenvalue weighted by Crippen LogP contribution is -2.36. The first-order valence-corrected chi connectivity index (χ1v) is 8.34. The van der Waals surface area contributed by atoms with Crippen LogP contribution in [0.25, 0.3) is 0 Å². The second-order valence-corrected chi connectivity index (χ2v) is 6.47. The van der Waals surface area contributed by atoms with E-state index in [1.165, 1.54) is 26.0 Å². The van der Waals surface area contributed by atoms with E-state index in [-0.39, 0.29) is 17.7 Å². The molecular formula is C18H27FN2O2. The zero-order valence-electron chi connectivity index (χ0n) is 14.2. The lowest BCUT2D eigenvalue weighted by molar-refractivity contribution is -0.123. The van der Waals surface area contributed by atoms with Gasteiger partial charge in [0.1, 0.15) is 0 Å². The van der Waals surface area contributed by atoms with Gasteiger partial charge in [-0.05, 0) is 62.4 Å². The molecule has 0 bridgehead atoms. The van der Waals surface area contributed by atoms with Crippen molar-refractivity contribution in [3.05, 3.63) is 29.6 Å². The van der Waals surface area contributed by atoms with E-state index in [4.69, 9.17) is 4.74 Å². The van der Waals surface area contributed by atoms with E-state index in [1.807, 2.05) is 6.92 Å². The van der Waals surface area contributed by atoms with Crippen LogP contribution in [0.15, 0.2) is 18.2 Å². The quantitative estimate of drug-likeness (QED) is 0.846. The van der Waals surface area contributed by atoms with E-state index in [0.717, 1.165) is 18.7 Å². The third-order valence-electron chi connectivity index (χ3n) is 4.70. The highest BCUT2D eigenvalue weighted by molar-refractivity contribution is 5.76. The van der Waals surface area contributed by atoms with Gasteiger partial charge in [-0.25, -0.2) is 4.39 Å². The molecule has 1 fully saturated rings. The first kappa shape index (κ1) is 17.7. The Bertz CT molecular complexity index is 530. The average Bonchev–Trinajstić information content (AvgIpc) is 2.55. The van der Waals surface area contributed by atoms with Gasteiger partial charge < -0.3 is 15.4 Å². The maximum absolute atomic E-state index is 13.8. The summed E-state index contributed by atoms with van der Waals surface area (Å²) in [6.07, 6.45) is 2.87. The number of methoxy groups -OCH3 is 1. The first-order chi connectivity index (χ1) is 11.0. The molecule has 2 rings (SSSR count). The Morgan fingerprint density at radius 1 is 1.48 bits per heavy atom. The molecule has 0 radical (unpaired) electrons. The standard InChI is InChI=1S/C18H27FN2O2/c1-12(15-5-4-8-20-11-15)9-18(22)21-13(2)14-6-7-17(23-3)16(19)10-14/h6-7,10,12-13,15,20H,4-5,8-9,11H2,1-3H3,(H,21,22). The molecule has 128 valence electrons. The fourth-order valence-corrected chi connectivity index (χ4v) is 3.16. The molecule has 1 aliphatic rings. The predicted molar refractivity (Wildman–Crippen MR) is 88.9 cm³/mol. The fourth-order valence-electron chi connectivity index (χ4n) is 3.16. The average molecular weight is 322 g/mol. The van der Waals surface area contributed by atoms with E-state index >= 15 is 0 Å². The predicted octanol–water partition coefficient (Wildman–Crippen LogP) is 3.04. The largest absolute Gasteiger partial charge is 0.494 e. The van der Waals surface area contributed by atoms with Crippen LogP contribution in [0.3, 0.4) is 0 Å². The van der Waals surface area contributed by atoms with E-state index < -0.39 is 5.82 Å². The van der Waals surface area contributed by atoms with Gasteiger partial charge in [-0.1, -0.05) is 13.0 Å². The zero-order valence-corrected chi connectivity index (χ0v) is 14.2. The van der Waals surface area contributed by atoms with Crippen molar-refractivity contribution in [2.24, 2.45) is 11.8 Å². The number of nitrogens with one attached hydrogen (secondary N) is 2. The summed E-state index contributed by atoms with van der Waals surface area (Å²) in [5.74, 6) is 0.732. The van der Waals surface area contributed by atoms with Crippen molar-refractivity contribution in [3.8, 4) is 5.75 Å². The summed E-state index contributed by atoms with van der Waals surface area (Å²) >= 11 is 0. The summed E-state index contributed by atoms with van der Waals surface area (Å²) in [5.41, 5.74) is 0.739. The molecule has 0 spiro atoms. The van der Waals surface area contributed by atoms with Gasteiger partial charge in [-0.3, -0.25) is 4.79 Å². The van der Waals surface area contributed by atoms with Gasteiger partial charge in [0, 0.05) is 6.42 Å². The van der Waals surface area contributed by atoms with Crippen LogP contribution in [0, 0.1) is 17.7 Å². The minimum atomic E-state index is -0.409. The van der Waals surface area contributed by atoms with Gasteiger partial charge in [-0.2, -0.15) is 0 Å². The van der Waals surface area contributed by atoms with Crippen molar-refractivity contribution in [3.63, 3.8) is 0 Å². The van der Waals surface area contributed by atoms with E-state index in [0.29, 0.717) is 18.3 Å². The Kier molecular flexibility index (Phi) is 6.39. The fraction of sp³-hybridized carbons (Fsp3) is 0.611. The summed E-state index contributed by atoms with van der Waals surface area (Å²) in [6, 6.07) is 4.56. The Balaban J connectivity index is 1.87. The highest BCUT2D eigenvalue weighted by Crippen LogP contribution is 2.24. The van der Waals surface area contributed by atoms with Crippen molar-refractivity contribution in [2.45, 2.75) is 39.2 Å². The topological polar surface area (TPSA) is 50.4 Å². The minimum Gasteiger partial charge on any atom is -0.494 e. The van der Waals surface area contributed by atoms with Crippen LogP contribution < -0.4 is 15.4 Å². The number of hydrogen-bond acceptors (Lipinski definition) is 3. The van der Waals surface area contributed by atoms with Gasteiger partial charge in [-0.15, -0.1) is 0 Å². The second kappa shape index (κ2) is 8.29. The summed E-state index contributed by atoms with van der Waals surface area (Å²) < 4.78 is 18.7. The molecule has 5 heteroatoms. The van der Waals surface area contributed by atoms with Crippen LogP contribution >= 0.6 is 0 Å². The Morgan fingerprint density at radius 3 is 2.87 bits per heavy atom. The summed E-state index contributed by atoms with van der Waals surface area (Å²) in [6.45, 7) is 6.07. The number of halogens is 1. The molecule has 1 heterocycles. The van der Waals surface area contributed by atoms with Gasteiger partial charge >= 0.3 is 0 Å². The van der Waals surface area contributed by atoms with Gasteiger partial charge in [0.15, 0.2) is 11.6 Å². The number of benzene rings is 1. The normalized spacial score (nSPS) is 20.6. The summed E-state index contributed by atoms with van der Waals surface area (Å²) in [7, 11) is 1.44. The number of ether oxygens (including phenoxy) is 1. The SMILES string of the molecule is COc1ccc(C(C)NC(=O)CC(C)C2CCCNC2)cc1F. The smallest absolute Gasteiger partial charge is 0.220 e. The highest BCUT2D eigenvalue weighted by Gasteiger charge is 2.22. The molecule has 23 heavy (non-hydrogen) atoms. The van der Waals surface area contributed by atoms with Crippen LogP contribution in [-0.4, -0.2) is 26.1 Å². The Labute approximate surface area is 137 Å². The van der Waals surface area contributed by atoms with Crippen molar-refractivity contribution < 1.29 is 13.9 Å². The molecule has 0 aromatic heterocycles. The molecular weight excluding hydrogens is 295 g/mol. The van der Waals surface area contributed by atoms with E-state index in [2.05, 4.69) is 17.6 Å². The molecule has 4 nitrogen and oxygen atoms in total. The van der Waals surface area contributed by atoms with Crippen LogP contribution in [0.4, 0.5) is 4.39 Å². The van der Waals surface area contributed by atoms with Gasteiger partial charge in [0.05, 0.1) is 13.2 Å². The number of hydrogen-bond donors (Lipinski definition) is 2. The molecule has 1 amide bonds. The first-order valence-electron chi connectivity index (χ1n) is 8.34. The highest BCUT2D eigenvalue weighted by atomic mass is 19.1. The molecule has 1 aromatic carbocycles.